The Hall–Kier alpha value is -3.77. The van der Waals surface area contributed by atoms with Crippen LogP contribution >= 0.6 is 0 Å². The Balaban J connectivity index is 1.87. The third kappa shape index (κ3) is 6.22. The molecule has 3 aromatic carbocycles. The lowest BCUT2D eigenvalue weighted by atomic mass is 10.1. The first-order valence-electron chi connectivity index (χ1n) is 10.3. The fourth-order valence-corrected chi connectivity index (χ4v) is 5.35. The van der Waals surface area contributed by atoms with Gasteiger partial charge in [-0.25, -0.2) is 16.8 Å². The molecule has 0 saturated heterocycles. The highest BCUT2D eigenvalue weighted by atomic mass is 32.2. The number of sulfonamides is 1. The zero-order valence-electron chi connectivity index (χ0n) is 18.9. The largest absolute Gasteiger partial charge is 0.348 e. The number of nitro groups is 1. The molecule has 12 heteroatoms. The van der Waals surface area contributed by atoms with Crippen LogP contribution in [0.2, 0.25) is 0 Å². The summed E-state index contributed by atoms with van der Waals surface area (Å²) in [6, 6.07) is 17.8. The molecule has 35 heavy (non-hydrogen) atoms. The first kappa shape index (κ1) is 25.8. The van der Waals surface area contributed by atoms with Crippen molar-refractivity contribution >= 4 is 37.1 Å². The van der Waals surface area contributed by atoms with Crippen LogP contribution in [0.15, 0.2) is 88.7 Å². The predicted octanol–water partition coefficient (Wildman–Crippen LogP) is 3.07. The summed E-state index contributed by atoms with van der Waals surface area (Å²) in [6.45, 7) is 1.09. The number of nitro benzene ring substituents is 1. The molecule has 0 heterocycles. The van der Waals surface area contributed by atoms with Crippen molar-refractivity contribution in [3.8, 4) is 0 Å². The van der Waals surface area contributed by atoms with Gasteiger partial charge in [-0.3, -0.25) is 19.2 Å². The number of rotatable bonds is 9. The number of carbonyl (C=O) groups is 1. The van der Waals surface area contributed by atoms with Crippen LogP contribution in [-0.2, 0) is 24.7 Å². The number of sulfone groups is 1. The molecule has 1 amide bonds. The van der Waals surface area contributed by atoms with Crippen molar-refractivity contribution in [1.29, 1.82) is 0 Å². The fourth-order valence-electron chi connectivity index (χ4n) is 3.28. The van der Waals surface area contributed by atoms with Gasteiger partial charge in [-0.15, -0.1) is 0 Å². The van der Waals surface area contributed by atoms with E-state index in [1.807, 2.05) is 0 Å². The topological polar surface area (TPSA) is 144 Å². The SMILES string of the molecule is CC(NC(=O)CN(c1ccc([N+](=O)[O-])cc1)S(=O)(=O)c1ccccc1)c1ccc(S(C)(=O)=O)cc1. The van der Waals surface area contributed by atoms with Gasteiger partial charge >= 0.3 is 0 Å². The predicted molar refractivity (Wildman–Crippen MR) is 130 cm³/mol. The zero-order chi connectivity index (χ0) is 25.8. The van der Waals surface area contributed by atoms with Gasteiger partial charge in [-0.05, 0) is 48.9 Å². The molecule has 0 saturated carbocycles. The van der Waals surface area contributed by atoms with Crippen LogP contribution in [0.1, 0.15) is 18.5 Å². The molecule has 0 aliphatic heterocycles. The minimum absolute atomic E-state index is 0.0458. The van der Waals surface area contributed by atoms with E-state index in [9.17, 15) is 31.7 Å². The van der Waals surface area contributed by atoms with Crippen LogP contribution in [-0.4, -0.2) is 40.5 Å². The summed E-state index contributed by atoms with van der Waals surface area (Å²) in [5.41, 5.74) is 0.486. The second-order valence-corrected chi connectivity index (χ2v) is 11.6. The molecule has 0 fully saturated rings. The Morgan fingerprint density at radius 1 is 0.914 bits per heavy atom. The van der Waals surface area contributed by atoms with Crippen molar-refractivity contribution in [3.63, 3.8) is 0 Å². The fraction of sp³-hybridized carbons (Fsp3) is 0.174. The molecule has 1 unspecified atom stereocenters. The summed E-state index contributed by atoms with van der Waals surface area (Å²) < 4.78 is 50.8. The Morgan fingerprint density at radius 3 is 2.00 bits per heavy atom. The number of hydrogen-bond donors (Lipinski definition) is 1. The molecular weight excluding hydrogens is 494 g/mol. The second kappa shape index (κ2) is 10.2. The maximum Gasteiger partial charge on any atom is 0.269 e. The Labute approximate surface area is 203 Å². The number of hydrogen-bond acceptors (Lipinski definition) is 7. The maximum absolute atomic E-state index is 13.3. The van der Waals surface area contributed by atoms with Crippen molar-refractivity contribution in [2.24, 2.45) is 0 Å². The number of benzene rings is 3. The smallest absolute Gasteiger partial charge is 0.269 e. The molecule has 0 spiro atoms. The lowest BCUT2D eigenvalue weighted by Crippen LogP contribution is -2.41. The lowest BCUT2D eigenvalue weighted by Gasteiger charge is -2.25. The quantitative estimate of drug-likeness (QED) is 0.339. The Kier molecular flexibility index (Phi) is 7.56. The maximum atomic E-state index is 13.3. The van der Waals surface area contributed by atoms with Crippen molar-refractivity contribution in [3.05, 3.63) is 94.5 Å². The first-order valence-corrected chi connectivity index (χ1v) is 13.6. The minimum Gasteiger partial charge on any atom is -0.348 e. The molecular formula is C23H23N3O7S2. The zero-order valence-corrected chi connectivity index (χ0v) is 20.5. The molecule has 0 aliphatic rings. The number of amides is 1. The number of nitrogens with one attached hydrogen (secondary N) is 1. The number of non-ortho nitro benzene ring substituents is 1. The molecule has 0 aliphatic carbocycles. The summed E-state index contributed by atoms with van der Waals surface area (Å²) in [6.07, 6.45) is 1.09. The van der Waals surface area contributed by atoms with Crippen molar-refractivity contribution < 1.29 is 26.6 Å². The third-order valence-electron chi connectivity index (χ3n) is 5.15. The van der Waals surface area contributed by atoms with Gasteiger partial charge in [0.25, 0.3) is 15.7 Å². The molecule has 184 valence electrons. The summed E-state index contributed by atoms with van der Waals surface area (Å²) in [5, 5.41) is 13.7. The number of carbonyl (C=O) groups excluding carboxylic acids is 1. The monoisotopic (exact) mass is 517 g/mol. The lowest BCUT2D eigenvalue weighted by molar-refractivity contribution is -0.384. The van der Waals surface area contributed by atoms with Gasteiger partial charge in [0.2, 0.25) is 5.91 Å². The summed E-state index contributed by atoms with van der Waals surface area (Å²) in [4.78, 5) is 23.3. The Morgan fingerprint density at radius 2 is 1.49 bits per heavy atom. The van der Waals surface area contributed by atoms with E-state index in [4.69, 9.17) is 0 Å². The van der Waals surface area contributed by atoms with E-state index in [-0.39, 0.29) is 21.2 Å². The normalized spacial score (nSPS) is 12.5. The van der Waals surface area contributed by atoms with E-state index >= 15 is 0 Å². The van der Waals surface area contributed by atoms with E-state index in [0.717, 1.165) is 22.7 Å². The molecule has 10 nitrogen and oxygen atoms in total. The first-order chi connectivity index (χ1) is 16.4. The van der Waals surface area contributed by atoms with E-state index in [0.29, 0.717) is 5.56 Å². The standard InChI is InChI=1S/C23H23N3O7S2/c1-17(18-8-14-21(15-9-18)34(2,30)31)24-23(27)16-25(19-10-12-20(13-11-19)26(28)29)35(32,33)22-6-4-3-5-7-22/h3-15,17H,16H2,1-2H3,(H,24,27). The molecule has 0 radical (unpaired) electrons. The van der Waals surface area contributed by atoms with Crippen LogP contribution in [0.25, 0.3) is 0 Å². The van der Waals surface area contributed by atoms with Gasteiger partial charge in [-0.2, -0.15) is 0 Å². The van der Waals surface area contributed by atoms with Gasteiger partial charge in [0.05, 0.1) is 26.4 Å². The van der Waals surface area contributed by atoms with E-state index in [2.05, 4.69) is 5.32 Å². The van der Waals surface area contributed by atoms with Crippen LogP contribution in [0.3, 0.4) is 0 Å². The van der Waals surface area contributed by atoms with Crippen molar-refractivity contribution in [2.75, 3.05) is 17.1 Å². The van der Waals surface area contributed by atoms with Gasteiger partial charge in [0.15, 0.2) is 9.84 Å². The van der Waals surface area contributed by atoms with Gasteiger partial charge in [0.1, 0.15) is 6.54 Å². The molecule has 3 rings (SSSR count). The van der Waals surface area contributed by atoms with Crippen molar-refractivity contribution in [2.45, 2.75) is 22.8 Å². The second-order valence-electron chi connectivity index (χ2n) is 7.73. The van der Waals surface area contributed by atoms with E-state index < -0.39 is 43.3 Å². The molecule has 1 atom stereocenters. The van der Waals surface area contributed by atoms with Crippen LogP contribution in [0.4, 0.5) is 11.4 Å². The molecule has 3 aromatic rings. The van der Waals surface area contributed by atoms with Crippen LogP contribution in [0, 0.1) is 10.1 Å². The Bertz CT molecular complexity index is 1420. The summed E-state index contributed by atoms with van der Waals surface area (Å²) >= 11 is 0. The van der Waals surface area contributed by atoms with E-state index in [1.165, 1.54) is 36.4 Å². The number of anilines is 1. The van der Waals surface area contributed by atoms with Crippen LogP contribution < -0.4 is 9.62 Å². The van der Waals surface area contributed by atoms with Crippen LogP contribution in [0.5, 0.6) is 0 Å². The average Bonchev–Trinajstić information content (AvgIpc) is 2.82. The molecule has 0 bridgehead atoms. The van der Waals surface area contributed by atoms with Gasteiger partial charge in [-0.1, -0.05) is 30.3 Å². The van der Waals surface area contributed by atoms with E-state index in [1.54, 1.807) is 37.3 Å². The summed E-state index contributed by atoms with van der Waals surface area (Å²) in [7, 11) is -7.54. The summed E-state index contributed by atoms with van der Waals surface area (Å²) in [5.74, 6) is -0.623. The van der Waals surface area contributed by atoms with Gasteiger partial charge < -0.3 is 5.32 Å². The molecule has 0 aromatic heterocycles. The average molecular weight is 518 g/mol. The number of nitrogens with zero attached hydrogens (tertiary/aromatic N) is 2. The third-order valence-corrected chi connectivity index (χ3v) is 8.07. The van der Waals surface area contributed by atoms with Gasteiger partial charge in [0, 0.05) is 18.4 Å². The highest BCUT2D eigenvalue weighted by molar-refractivity contribution is 7.93. The highest BCUT2D eigenvalue weighted by Gasteiger charge is 2.28. The molecule has 1 N–H and O–H groups in total. The highest BCUT2D eigenvalue weighted by Crippen LogP contribution is 2.26. The minimum atomic E-state index is -4.17. The van der Waals surface area contributed by atoms with Crippen molar-refractivity contribution in [1.82, 2.24) is 5.32 Å².